The second kappa shape index (κ2) is 6.42. The number of aromatic nitrogens is 2. The number of nitrogens with one attached hydrogen (secondary N) is 1. The number of amidine groups is 1. The molecule has 1 heterocycles. The molecular weight excluding hydrogens is 274 g/mol. The van der Waals surface area contributed by atoms with E-state index in [0.29, 0.717) is 17.1 Å². The summed E-state index contributed by atoms with van der Waals surface area (Å²) >= 11 is 0. The van der Waals surface area contributed by atoms with Gasteiger partial charge >= 0.3 is 0 Å². The molecule has 8 heteroatoms. The van der Waals surface area contributed by atoms with Crippen LogP contribution in [0.4, 0.5) is 5.69 Å². The number of aryl methyl sites for hydroxylation is 1. The summed E-state index contributed by atoms with van der Waals surface area (Å²) in [6.07, 6.45) is 1.54. The van der Waals surface area contributed by atoms with Gasteiger partial charge < -0.3 is 21.0 Å². The Kier molecular flexibility index (Phi) is 4.39. The van der Waals surface area contributed by atoms with E-state index in [1.165, 1.54) is 10.9 Å². The summed E-state index contributed by atoms with van der Waals surface area (Å²) < 4.78 is 6.85. The monoisotopic (exact) mass is 289 g/mol. The maximum Gasteiger partial charge on any atom is 0.274 e. The Balaban J connectivity index is 2.13. The van der Waals surface area contributed by atoms with Crippen molar-refractivity contribution in [2.75, 3.05) is 11.9 Å². The van der Waals surface area contributed by atoms with Gasteiger partial charge in [0.2, 0.25) is 0 Å². The summed E-state index contributed by atoms with van der Waals surface area (Å²) in [6, 6.07) is 8.48. The van der Waals surface area contributed by atoms with E-state index in [0.717, 1.165) is 0 Å². The van der Waals surface area contributed by atoms with Gasteiger partial charge in [0.05, 0.1) is 5.69 Å². The van der Waals surface area contributed by atoms with Crippen molar-refractivity contribution < 1.29 is 14.7 Å². The van der Waals surface area contributed by atoms with Gasteiger partial charge in [-0.15, -0.1) is 0 Å². The summed E-state index contributed by atoms with van der Waals surface area (Å²) in [7, 11) is 1.68. The number of anilines is 1. The Morgan fingerprint density at radius 2 is 2.24 bits per heavy atom. The van der Waals surface area contributed by atoms with Crippen molar-refractivity contribution in [3.63, 3.8) is 0 Å². The van der Waals surface area contributed by atoms with E-state index in [4.69, 9.17) is 15.7 Å². The van der Waals surface area contributed by atoms with Gasteiger partial charge in [-0.1, -0.05) is 17.3 Å². The first kappa shape index (κ1) is 14.4. The number of hydrogen-bond donors (Lipinski definition) is 3. The van der Waals surface area contributed by atoms with Crippen LogP contribution in [0, 0.1) is 0 Å². The van der Waals surface area contributed by atoms with Crippen LogP contribution in [0.25, 0.3) is 0 Å². The van der Waals surface area contributed by atoms with Gasteiger partial charge in [0.25, 0.3) is 5.91 Å². The molecule has 2 aromatic rings. The van der Waals surface area contributed by atoms with Crippen molar-refractivity contribution in [3.8, 4) is 5.75 Å². The third-order valence-corrected chi connectivity index (χ3v) is 2.69. The van der Waals surface area contributed by atoms with Crippen molar-refractivity contribution in [2.45, 2.75) is 0 Å². The number of hydrogen-bond acceptors (Lipinski definition) is 5. The number of nitrogens with zero attached hydrogens (tertiary/aromatic N) is 3. The van der Waals surface area contributed by atoms with E-state index < -0.39 is 0 Å². The number of benzene rings is 1. The smallest absolute Gasteiger partial charge is 0.274 e. The Morgan fingerprint density at radius 3 is 2.90 bits per heavy atom. The molecule has 1 aromatic heterocycles. The molecule has 0 saturated heterocycles. The van der Waals surface area contributed by atoms with Crippen LogP contribution in [-0.4, -0.2) is 33.3 Å². The lowest BCUT2D eigenvalue weighted by Gasteiger charge is -2.12. The van der Waals surface area contributed by atoms with Crippen molar-refractivity contribution >= 4 is 17.4 Å². The van der Waals surface area contributed by atoms with Crippen LogP contribution in [0.3, 0.4) is 0 Å². The number of carbonyl (C=O) groups excluding carboxylic acids is 1. The number of rotatable bonds is 5. The number of nitrogens with two attached hydrogens (primary N) is 1. The molecule has 0 aliphatic heterocycles. The van der Waals surface area contributed by atoms with Crippen LogP contribution < -0.4 is 15.8 Å². The van der Waals surface area contributed by atoms with Crippen molar-refractivity contribution in [3.05, 3.63) is 42.2 Å². The van der Waals surface area contributed by atoms with E-state index in [1.807, 2.05) is 0 Å². The van der Waals surface area contributed by atoms with Gasteiger partial charge in [0, 0.05) is 13.2 Å². The van der Waals surface area contributed by atoms with Gasteiger partial charge in [-0.25, -0.2) is 0 Å². The fourth-order valence-corrected chi connectivity index (χ4v) is 1.66. The molecule has 2 rings (SSSR count). The fraction of sp³-hybridized carbons (Fsp3) is 0.154. The van der Waals surface area contributed by atoms with E-state index in [1.54, 1.807) is 37.4 Å². The van der Waals surface area contributed by atoms with E-state index >= 15 is 0 Å². The maximum atomic E-state index is 12.1. The summed E-state index contributed by atoms with van der Waals surface area (Å²) in [4.78, 5) is 12.1. The third-order valence-electron chi connectivity index (χ3n) is 2.69. The van der Waals surface area contributed by atoms with Crippen LogP contribution >= 0.6 is 0 Å². The maximum absolute atomic E-state index is 12.1. The molecular formula is C13H15N5O3. The molecule has 1 aromatic carbocycles. The molecule has 0 fully saturated rings. The SMILES string of the molecule is Cn1nccc1C(=O)Nc1ccccc1OCC(N)=NO. The Labute approximate surface area is 120 Å². The molecule has 0 radical (unpaired) electrons. The number of amides is 1. The zero-order valence-electron chi connectivity index (χ0n) is 11.4. The summed E-state index contributed by atoms with van der Waals surface area (Å²) in [5, 5.41) is 18.0. The molecule has 110 valence electrons. The van der Waals surface area contributed by atoms with Crippen LogP contribution in [0.15, 0.2) is 41.7 Å². The minimum absolute atomic E-state index is 0.0669. The standard InChI is InChI=1S/C13H15N5O3/c1-18-10(6-7-15-18)13(19)16-9-4-2-3-5-11(9)21-8-12(14)17-20/h2-7,20H,8H2,1H3,(H2,14,17)(H,16,19). The van der Waals surface area contributed by atoms with Crippen molar-refractivity contribution in [1.82, 2.24) is 9.78 Å². The van der Waals surface area contributed by atoms with E-state index in [-0.39, 0.29) is 18.3 Å². The molecule has 4 N–H and O–H groups in total. The lowest BCUT2D eigenvalue weighted by Crippen LogP contribution is -2.22. The lowest BCUT2D eigenvalue weighted by atomic mass is 10.2. The average Bonchev–Trinajstić information content (AvgIpc) is 2.92. The Hall–Kier alpha value is -3.03. The summed E-state index contributed by atoms with van der Waals surface area (Å²) in [5.74, 6) is 0.0391. The van der Waals surface area contributed by atoms with Crippen LogP contribution in [0.5, 0.6) is 5.75 Å². The van der Waals surface area contributed by atoms with Crippen molar-refractivity contribution in [1.29, 1.82) is 0 Å². The van der Waals surface area contributed by atoms with Crippen molar-refractivity contribution in [2.24, 2.45) is 17.9 Å². The molecule has 0 bridgehead atoms. The first-order chi connectivity index (χ1) is 10.1. The first-order valence-corrected chi connectivity index (χ1v) is 6.09. The molecule has 0 unspecified atom stereocenters. The largest absolute Gasteiger partial charge is 0.483 e. The molecule has 0 aliphatic rings. The summed E-state index contributed by atoms with van der Waals surface area (Å²) in [5.41, 5.74) is 6.24. The molecule has 0 spiro atoms. The highest BCUT2D eigenvalue weighted by Crippen LogP contribution is 2.24. The van der Waals surface area contributed by atoms with Crippen LogP contribution in [0.1, 0.15) is 10.5 Å². The molecule has 0 aliphatic carbocycles. The van der Waals surface area contributed by atoms with Gasteiger partial charge in [0.15, 0.2) is 5.84 Å². The predicted octanol–water partition coefficient (Wildman–Crippen LogP) is 0.798. The van der Waals surface area contributed by atoms with E-state index in [2.05, 4.69) is 15.6 Å². The van der Waals surface area contributed by atoms with Gasteiger partial charge in [-0.05, 0) is 18.2 Å². The van der Waals surface area contributed by atoms with Gasteiger partial charge in [0.1, 0.15) is 18.1 Å². The normalized spacial score (nSPS) is 11.2. The number of carbonyl (C=O) groups is 1. The minimum Gasteiger partial charge on any atom is -0.483 e. The third kappa shape index (κ3) is 3.50. The Bertz CT molecular complexity index is 665. The Morgan fingerprint density at radius 1 is 1.48 bits per heavy atom. The quantitative estimate of drug-likeness (QED) is 0.326. The molecule has 0 atom stereocenters. The highest BCUT2D eigenvalue weighted by molar-refractivity contribution is 6.03. The molecule has 21 heavy (non-hydrogen) atoms. The molecule has 8 nitrogen and oxygen atoms in total. The second-order valence-electron chi connectivity index (χ2n) is 4.17. The number of oxime groups is 1. The predicted molar refractivity (Wildman–Crippen MR) is 76.5 cm³/mol. The summed E-state index contributed by atoms with van der Waals surface area (Å²) in [6.45, 7) is -0.0882. The van der Waals surface area contributed by atoms with E-state index in [9.17, 15) is 4.79 Å². The van der Waals surface area contributed by atoms with Gasteiger partial charge in [-0.3, -0.25) is 9.48 Å². The fourth-order valence-electron chi connectivity index (χ4n) is 1.66. The van der Waals surface area contributed by atoms with Crippen LogP contribution in [-0.2, 0) is 7.05 Å². The molecule has 1 amide bonds. The zero-order valence-corrected chi connectivity index (χ0v) is 11.4. The second-order valence-corrected chi connectivity index (χ2v) is 4.17. The number of ether oxygens (including phenoxy) is 1. The minimum atomic E-state index is -0.310. The lowest BCUT2D eigenvalue weighted by molar-refractivity contribution is 0.101. The average molecular weight is 289 g/mol. The van der Waals surface area contributed by atoms with Crippen LogP contribution in [0.2, 0.25) is 0 Å². The highest BCUT2D eigenvalue weighted by atomic mass is 16.5. The topological polar surface area (TPSA) is 115 Å². The number of para-hydroxylation sites is 2. The molecule has 0 saturated carbocycles. The first-order valence-electron chi connectivity index (χ1n) is 6.09. The zero-order chi connectivity index (χ0) is 15.2. The van der Waals surface area contributed by atoms with Gasteiger partial charge in [-0.2, -0.15) is 5.10 Å². The highest BCUT2D eigenvalue weighted by Gasteiger charge is 2.12.